The minimum atomic E-state index is -1.38. The van der Waals surface area contributed by atoms with Crippen LogP contribution in [0.5, 0.6) is 0 Å². The Hall–Kier alpha value is -4.72. The Labute approximate surface area is 308 Å². The van der Waals surface area contributed by atoms with Crippen molar-refractivity contribution < 1.29 is 38.6 Å². The van der Waals surface area contributed by atoms with Crippen LogP contribution in [0.2, 0.25) is 0 Å². The fourth-order valence-electron chi connectivity index (χ4n) is 5.21. The average molecular weight is 729 g/mol. The van der Waals surface area contributed by atoms with Gasteiger partial charge in [0.25, 0.3) is 0 Å². The molecule has 52 heavy (non-hydrogen) atoms. The topological polar surface area (TPSA) is 204 Å². The van der Waals surface area contributed by atoms with Gasteiger partial charge in [0.1, 0.15) is 24.7 Å². The molecule has 0 radical (unpaired) electrons. The maximum Gasteiger partial charge on any atom is 0.408 e. The molecule has 1 rings (SSSR count). The molecule has 14 nitrogen and oxygen atoms in total. The summed E-state index contributed by atoms with van der Waals surface area (Å²) in [6, 6.07) is 5.24. The monoisotopic (exact) mass is 728 g/mol. The van der Waals surface area contributed by atoms with Crippen molar-refractivity contribution in [3.63, 3.8) is 0 Å². The van der Waals surface area contributed by atoms with Crippen LogP contribution in [0.4, 0.5) is 4.79 Å². The van der Waals surface area contributed by atoms with Crippen molar-refractivity contribution in [3.05, 3.63) is 61.2 Å². The number of benzene rings is 1. The number of carbonyl (C=O) groups excluding carboxylic acids is 6. The molecule has 0 saturated heterocycles. The van der Waals surface area contributed by atoms with E-state index in [2.05, 4.69) is 45.1 Å². The molecule has 0 aliphatic rings. The number of alkyl carbamates (subject to hydrolysis) is 1. The molecule has 0 aromatic heterocycles. The molecule has 6 amide bonds. The molecule has 0 aliphatic heterocycles. The third kappa shape index (κ3) is 17.0. The van der Waals surface area contributed by atoms with Gasteiger partial charge in [0.2, 0.25) is 29.5 Å². The van der Waals surface area contributed by atoms with Crippen molar-refractivity contribution in [2.75, 3.05) is 13.2 Å². The highest BCUT2D eigenvalue weighted by Gasteiger charge is 2.34. The average Bonchev–Trinajstić information content (AvgIpc) is 3.08. The molecule has 1 aromatic carbocycles. The second-order valence-electron chi connectivity index (χ2n) is 14.0. The molecule has 14 heteroatoms. The number of aliphatic hydroxyl groups is 1. The van der Waals surface area contributed by atoms with E-state index in [0.29, 0.717) is 13.0 Å². The molecule has 1 unspecified atom stereocenters. The predicted octanol–water partition coefficient (Wildman–Crippen LogP) is 2.48. The van der Waals surface area contributed by atoms with E-state index >= 15 is 0 Å². The summed E-state index contributed by atoms with van der Waals surface area (Å²) in [6.45, 7) is 19.9. The second kappa shape index (κ2) is 23.7. The number of carbonyl (C=O) groups is 6. The fraction of sp³-hybridized carbons (Fsp3) is 0.579. The van der Waals surface area contributed by atoms with Crippen LogP contribution >= 0.6 is 0 Å². The second-order valence-corrected chi connectivity index (χ2v) is 14.0. The first-order valence-corrected chi connectivity index (χ1v) is 17.8. The van der Waals surface area contributed by atoms with Crippen LogP contribution in [0.3, 0.4) is 0 Å². The molecular formula is C38H60N6O8. The van der Waals surface area contributed by atoms with Gasteiger partial charge < -0.3 is 41.7 Å². The minimum Gasteiger partial charge on any atom is -0.445 e. The van der Waals surface area contributed by atoms with Crippen LogP contribution in [0.25, 0.3) is 0 Å². The fourth-order valence-corrected chi connectivity index (χ4v) is 5.21. The summed E-state index contributed by atoms with van der Waals surface area (Å²) in [5.74, 6) is -4.16. The lowest BCUT2D eigenvalue weighted by Crippen LogP contribution is -2.58. The first-order valence-electron chi connectivity index (χ1n) is 17.8. The molecule has 0 spiro atoms. The maximum absolute atomic E-state index is 13.7. The molecule has 0 saturated carbocycles. The van der Waals surface area contributed by atoms with Gasteiger partial charge >= 0.3 is 6.09 Å². The lowest BCUT2D eigenvalue weighted by atomic mass is 9.91. The van der Waals surface area contributed by atoms with E-state index in [-0.39, 0.29) is 37.3 Å². The maximum atomic E-state index is 13.7. The van der Waals surface area contributed by atoms with E-state index in [4.69, 9.17) is 4.74 Å². The predicted molar refractivity (Wildman–Crippen MR) is 199 cm³/mol. The molecule has 0 bridgehead atoms. The van der Waals surface area contributed by atoms with Gasteiger partial charge in [-0.25, -0.2) is 4.79 Å². The number of hydrogen-bond acceptors (Lipinski definition) is 8. The summed E-state index contributed by atoms with van der Waals surface area (Å²) < 4.78 is 4.94. The zero-order chi connectivity index (χ0) is 39.4. The molecule has 6 atom stereocenters. The highest BCUT2D eigenvalue weighted by Crippen LogP contribution is 2.17. The van der Waals surface area contributed by atoms with Gasteiger partial charge in [0.05, 0.1) is 18.6 Å². The molecule has 0 heterocycles. The van der Waals surface area contributed by atoms with Gasteiger partial charge in [-0.05, 0) is 36.2 Å². The number of rotatable bonds is 23. The molecule has 7 N–H and O–H groups in total. The van der Waals surface area contributed by atoms with Gasteiger partial charge in [-0.3, -0.25) is 24.0 Å². The van der Waals surface area contributed by atoms with Gasteiger partial charge in [-0.2, -0.15) is 0 Å². The van der Waals surface area contributed by atoms with E-state index in [9.17, 15) is 33.9 Å². The van der Waals surface area contributed by atoms with E-state index in [1.165, 1.54) is 12.2 Å². The molecule has 0 fully saturated rings. The van der Waals surface area contributed by atoms with Crippen molar-refractivity contribution in [3.8, 4) is 0 Å². The van der Waals surface area contributed by atoms with Crippen LogP contribution in [0.15, 0.2) is 55.6 Å². The van der Waals surface area contributed by atoms with E-state index < -0.39 is 78.2 Å². The van der Waals surface area contributed by atoms with Gasteiger partial charge in [-0.1, -0.05) is 97.5 Å². The largest absolute Gasteiger partial charge is 0.445 e. The lowest BCUT2D eigenvalue weighted by molar-refractivity contribution is -0.134. The van der Waals surface area contributed by atoms with Gasteiger partial charge in [0.15, 0.2) is 0 Å². The van der Waals surface area contributed by atoms with Crippen LogP contribution < -0.4 is 31.9 Å². The summed E-state index contributed by atoms with van der Waals surface area (Å²) in [4.78, 5) is 78.3. The van der Waals surface area contributed by atoms with Crippen molar-refractivity contribution >= 4 is 35.6 Å². The number of hydrogen-bond donors (Lipinski definition) is 7. The quantitative estimate of drug-likeness (QED) is 0.0833. The Kier molecular flexibility index (Phi) is 20.6. The molecule has 1 aromatic rings. The van der Waals surface area contributed by atoms with Crippen molar-refractivity contribution in [2.45, 2.75) is 105 Å². The first kappa shape index (κ1) is 45.3. The van der Waals surface area contributed by atoms with Crippen LogP contribution in [0, 0.1) is 23.7 Å². The smallest absolute Gasteiger partial charge is 0.408 e. The Balaban J connectivity index is 3.11. The van der Waals surface area contributed by atoms with E-state index in [1.54, 1.807) is 20.8 Å². The molecule has 0 aliphatic carbocycles. The standard InChI is InChI=1S/C38H60N6O8/c1-10-17-39-31(46)21-29(42-37(50)33(25(7)8)44-38(51)52-18-11-2)35(48)41-28(19-23(3)4)30(45)20-26(9)34(47)43-32(24(5)6)36(49)40-22-27-15-13-12-14-16-27/h10-16,23-26,28-30,32-33,45H,1-2,17-22H2,3-9H3,(H,39,46)(H,40,49)(H,41,48)(H,42,50)(H,43,47)(H,44,51)/t26-,28+,29+,30+,32+,33?/m1/s1. The van der Waals surface area contributed by atoms with Gasteiger partial charge in [-0.15, -0.1) is 6.58 Å². The molecule has 290 valence electrons. The third-order valence-electron chi connectivity index (χ3n) is 8.14. The van der Waals surface area contributed by atoms with Crippen molar-refractivity contribution in [1.29, 1.82) is 0 Å². The highest BCUT2D eigenvalue weighted by atomic mass is 16.5. The summed E-state index contributed by atoms with van der Waals surface area (Å²) in [6.07, 6.45) is 0.595. The van der Waals surface area contributed by atoms with Crippen molar-refractivity contribution in [1.82, 2.24) is 31.9 Å². The van der Waals surface area contributed by atoms with E-state index in [0.717, 1.165) is 5.56 Å². The number of ether oxygens (including phenoxy) is 1. The molecular weight excluding hydrogens is 668 g/mol. The first-order chi connectivity index (χ1) is 24.5. The Morgan fingerprint density at radius 1 is 0.731 bits per heavy atom. The zero-order valence-electron chi connectivity index (χ0n) is 31.7. The summed E-state index contributed by atoms with van der Waals surface area (Å²) in [5.41, 5.74) is 0.916. The van der Waals surface area contributed by atoms with E-state index in [1.807, 2.05) is 58.0 Å². The Morgan fingerprint density at radius 2 is 1.35 bits per heavy atom. The zero-order valence-corrected chi connectivity index (χ0v) is 31.7. The van der Waals surface area contributed by atoms with Crippen LogP contribution in [0.1, 0.15) is 73.3 Å². The van der Waals surface area contributed by atoms with Crippen LogP contribution in [-0.2, 0) is 35.3 Å². The normalized spacial score (nSPS) is 14.5. The highest BCUT2D eigenvalue weighted by molar-refractivity contribution is 5.94. The minimum absolute atomic E-state index is 0.00254. The third-order valence-corrected chi connectivity index (χ3v) is 8.14. The lowest BCUT2D eigenvalue weighted by Gasteiger charge is -2.30. The summed E-state index contributed by atoms with van der Waals surface area (Å²) in [5, 5.41) is 27.4. The number of nitrogens with one attached hydrogen (secondary N) is 6. The summed E-state index contributed by atoms with van der Waals surface area (Å²) in [7, 11) is 0. The van der Waals surface area contributed by atoms with Crippen LogP contribution in [-0.4, -0.2) is 84.2 Å². The Bertz CT molecular complexity index is 1340. The van der Waals surface area contributed by atoms with Gasteiger partial charge in [0, 0.05) is 19.0 Å². The summed E-state index contributed by atoms with van der Waals surface area (Å²) >= 11 is 0. The SMILES string of the molecule is C=CCNC(=O)C[C@H](NC(=O)C(NC(=O)OCC=C)C(C)C)C(=O)N[C@@H](CC(C)C)[C@@H](O)C[C@@H](C)C(=O)N[C@H](C(=O)NCc1ccccc1)C(C)C. The Morgan fingerprint density at radius 3 is 1.90 bits per heavy atom. The number of amides is 6. The number of aliphatic hydroxyl groups excluding tert-OH is 1. The van der Waals surface area contributed by atoms with Crippen molar-refractivity contribution in [2.24, 2.45) is 23.7 Å².